The van der Waals surface area contributed by atoms with Crippen LogP contribution in [-0.4, -0.2) is 37.3 Å². The van der Waals surface area contributed by atoms with Crippen molar-refractivity contribution < 1.29 is 5.11 Å². The number of aliphatic imine (C=N–C) groups is 1. The molecule has 1 aromatic heterocycles. The first kappa shape index (κ1) is 20.0. The number of rotatable bonds is 10. The van der Waals surface area contributed by atoms with Crippen molar-refractivity contribution in [2.75, 3.05) is 26.2 Å². The van der Waals surface area contributed by atoms with E-state index in [1.165, 1.54) is 4.88 Å². The number of thiophene rings is 1. The van der Waals surface area contributed by atoms with Crippen molar-refractivity contribution in [1.82, 2.24) is 10.6 Å². The Hall–Kier alpha value is -1.07. The second-order valence-electron chi connectivity index (χ2n) is 6.52. The van der Waals surface area contributed by atoms with Crippen molar-refractivity contribution in [3.63, 3.8) is 0 Å². The fourth-order valence-electron chi connectivity index (χ4n) is 2.62. The highest BCUT2D eigenvalue weighted by Crippen LogP contribution is 2.19. The average molecular weight is 340 g/mol. The Morgan fingerprint density at radius 1 is 1.30 bits per heavy atom. The minimum atomic E-state index is 0.242. The van der Waals surface area contributed by atoms with Gasteiger partial charge in [-0.25, -0.2) is 0 Å². The first-order chi connectivity index (χ1) is 11.1. The highest BCUT2D eigenvalue weighted by molar-refractivity contribution is 7.10. The first-order valence-corrected chi connectivity index (χ1v) is 9.61. The van der Waals surface area contributed by atoms with Crippen molar-refractivity contribution in [2.24, 2.45) is 16.8 Å². The van der Waals surface area contributed by atoms with Gasteiger partial charge in [-0.3, -0.25) is 4.99 Å². The molecule has 0 aliphatic rings. The van der Waals surface area contributed by atoms with Crippen LogP contribution in [0.1, 0.15) is 51.3 Å². The molecule has 0 spiro atoms. The third-order valence-electron chi connectivity index (χ3n) is 3.80. The normalized spacial score (nSPS) is 14.8. The van der Waals surface area contributed by atoms with Gasteiger partial charge in [0.05, 0.1) is 0 Å². The number of nitrogens with zero attached hydrogens (tertiary/aromatic N) is 1. The molecule has 1 rings (SSSR count). The zero-order valence-electron chi connectivity index (χ0n) is 15.0. The monoisotopic (exact) mass is 339 g/mol. The number of aliphatic hydroxyl groups excluding tert-OH is 1. The fraction of sp³-hybridized carbons (Fsp3) is 0.722. The third-order valence-corrected chi connectivity index (χ3v) is 4.90. The van der Waals surface area contributed by atoms with Gasteiger partial charge in [0.15, 0.2) is 5.96 Å². The minimum Gasteiger partial charge on any atom is -0.396 e. The van der Waals surface area contributed by atoms with E-state index in [1.54, 1.807) is 11.3 Å². The average Bonchev–Trinajstić information content (AvgIpc) is 3.03. The second kappa shape index (κ2) is 11.5. The molecule has 0 aromatic carbocycles. The zero-order chi connectivity index (χ0) is 17.1. The summed E-state index contributed by atoms with van der Waals surface area (Å²) in [5.41, 5.74) is 0. The van der Waals surface area contributed by atoms with E-state index in [2.05, 4.69) is 55.8 Å². The van der Waals surface area contributed by atoms with Gasteiger partial charge in [0, 0.05) is 37.0 Å². The summed E-state index contributed by atoms with van der Waals surface area (Å²) in [6.07, 6.45) is 1.93. The maximum absolute atomic E-state index is 9.22. The molecule has 0 aliphatic heterocycles. The topological polar surface area (TPSA) is 56.7 Å². The van der Waals surface area contributed by atoms with E-state index >= 15 is 0 Å². The largest absolute Gasteiger partial charge is 0.396 e. The van der Waals surface area contributed by atoms with Crippen LogP contribution in [0.15, 0.2) is 22.5 Å². The fourth-order valence-corrected chi connectivity index (χ4v) is 3.40. The van der Waals surface area contributed by atoms with E-state index in [1.807, 2.05) is 0 Å². The predicted molar refractivity (Wildman–Crippen MR) is 101 cm³/mol. The molecule has 0 amide bonds. The standard InChI is InChI=1S/C18H33N3OS/c1-5-19-18(20-12-15(4)17-7-6-10-23-17)21-13-16(8-9-22)11-14(2)3/h6-7,10,14-16,22H,5,8-9,11-13H2,1-4H3,(H2,19,20,21). The van der Waals surface area contributed by atoms with Gasteiger partial charge in [0.2, 0.25) is 0 Å². The molecule has 2 atom stereocenters. The molecule has 1 heterocycles. The summed E-state index contributed by atoms with van der Waals surface area (Å²) in [6, 6.07) is 4.28. The maximum Gasteiger partial charge on any atom is 0.191 e. The highest BCUT2D eigenvalue weighted by atomic mass is 32.1. The Morgan fingerprint density at radius 2 is 2.09 bits per heavy atom. The van der Waals surface area contributed by atoms with Gasteiger partial charge in [0.1, 0.15) is 0 Å². The number of aliphatic hydroxyl groups is 1. The van der Waals surface area contributed by atoms with Crippen LogP contribution in [0.25, 0.3) is 0 Å². The Labute approximate surface area is 145 Å². The van der Waals surface area contributed by atoms with E-state index in [0.717, 1.165) is 38.4 Å². The van der Waals surface area contributed by atoms with Gasteiger partial charge in [0.25, 0.3) is 0 Å². The molecule has 1 aromatic rings. The van der Waals surface area contributed by atoms with Gasteiger partial charge in [-0.05, 0) is 43.0 Å². The van der Waals surface area contributed by atoms with E-state index in [9.17, 15) is 5.11 Å². The van der Waals surface area contributed by atoms with Crippen LogP contribution in [-0.2, 0) is 0 Å². The first-order valence-electron chi connectivity index (χ1n) is 8.73. The van der Waals surface area contributed by atoms with Crippen LogP contribution < -0.4 is 10.6 Å². The molecular formula is C18H33N3OS. The minimum absolute atomic E-state index is 0.242. The summed E-state index contributed by atoms with van der Waals surface area (Å²) in [4.78, 5) is 6.12. The van der Waals surface area contributed by atoms with Gasteiger partial charge >= 0.3 is 0 Å². The summed E-state index contributed by atoms with van der Waals surface area (Å²) in [6.45, 7) is 11.5. The van der Waals surface area contributed by atoms with Crippen molar-refractivity contribution in [2.45, 2.75) is 46.5 Å². The van der Waals surface area contributed by atoms with Gasteiger partial charge in [-0.15, -0.1) is 11.3 Å². The summed E-state index contributed by atoms with van der Waals surface area (Å²) in [5, 5.41) is 18.1. The summed E-state index contributed by atoms with van der Waals surface area (Å²) in [5.74, 6) is 2.44. The second-order valence-corrected chi connectivity index (χ2v) is 7.50. The molecule has 5 heteroatoms. The molecule has 132 valence electrons. The molecule has 0 fully saturated rings. The van der Waals surface area contributed by atoms with Gasteiger partial charge < -0.3 is 15.7 Å². The smallest absolute Gasteiger partial charge is 0.191 e. The number of hydrogen-bond donors (Lipinski definition) is 3. The van der Waals surface area contributed by atoms with Gasteiger partial charge in [-0.1, -0.05) is 26.8 Å². The van der Waals surface area contributed by atoms with Crippen molar-refractivity contribution in [3.8, 4) is 0 Å². The van der Waals surface area contributed by atoms with Crippen LogP contribution in [0.2, 0.25) is 0 Å². The number of hydrogen-bond acceptors (Lipinski definition) is 3. The van der Waals surface area contributed by atoms with Crippen molar-refractivity contribution in [3.05, 3.63) is 22.4 Å². The van der Waals surface area contributed by atoms with Crippen LogP contribution in [0.4, 0.5) is 0 Å². The quantitative estimate of drug-likeness (QED) is 0.452. The van der Waals surface area contributed by atoms with E-state index in [-0.39, 0.29) is 6.61 Å². The zero-order valence-corrected chi connectivity index (χ0v) is 15.8. The third kappa shape index (κ3) is 8.37. The van der Waals surface area contributed by atoms with Crippen molar-refractivity contribution >= 4 is 17.3 Å². The van der Waals surface area contributed by atoms with Crippen LogP contribution in [0, 0.1) is 11.8 Å². The lowest BCUT2D eigenvalue weighted by Gasteiger charge is -2.18. The lowest BCUT2D eigenvalue weighted by Crippen LogP contribution is -2.39. The van der Waals surface area contributed by atoms with E-state index in [0.29, 0.717) is 17.8 Å². The highest BCUT2D eigenvalue weighted by Gasteiger charge is 2.11. The molecule has 2 unspecified atom stereocenters. The lowest BCUT2D eigenvalue weighted by molar-refractivity contribution is 0.245. The SMILES string of the molecule is CCNC(=NCC(CCO)CC(C)C)NCC(C)c1cccs1. The van der Waals surface area contributed by atoms with E-state index in [4.69, 9.17) is 4.99 Å². The molecule has 0 saturated carbocycles. The Bertz CT molecular complexity index is 431. The molecule has 23 heavy (non-hydrogen) atoms. The number of guanidine groups is 1. The van der Waals surface area contributed by atoms with Crippen LogP contribution in [0.5, 0.6) is 0 Å². The lowest BCUT2D eigenvalue weighted by atomic mass is 9.94. The van der Waals surface area contributed by atoms with Gasteiger partial charge in [-0.2, -0.15) is 0 Å². The molecule has 0 saturated heterocycles. The maximum atomic E-state index is 9.22. The van der Waals surface area contributed by atoms with E-state index < -0.39 is 0 Å². The molecule has 0 bridgehead atoms. The number of nitrogens with one attached hydrogen (secondary N) is 2. The van der Waals surface area contributed by atoms with Crippen LogP contribution in [0.3, 0.4) is 0 Å². The summed E-state index contributed by atoms with van der Waals surface area (Å²) in [7, 11) is 0. The molecule has 3 N–H and O–H groups in total. The molecule has 0 radical (unpaired) electrons. The Morgan fingerprint density at radius 3 is 2.65 bits per heavy atom. The van der Waals surface area contributed by atoms with Crippen molar-refractivity contribution in [1.29, 1.82) is 0 Å². The molecule has 4 nitrogen and oxygen atoms in total. The molecular weight excluding hydrogens is 306 g/mol. The predicted octanol–water partition coefficient (Wildman–Crippen LogP) is 3.45. The van der Waals surface area contributed by atoms with Crippen LogP contribution >= 0.6 is 11.3 Å². The Balaban J connectivity index is 2.53. The summed E-state index contributed by atoms with van der Waals surface area (Å²) < 4.78 is 0. The Kier molecular flexibility index (Phi) is 9.96. The molecule has 0 aliphatic carbocycles. The summed E-state index contributed by atoms with van der Waals surface area (Å²) >= 11 is 1.80.